The summed E-state index contributed by atoms with van der Waals surface area (Å²) in [4.78, 5) is 21.2. The first-order valence-electron chi connectivity index (χ1n) is 4.57. The van der Waals surface area contributed by atoms with Gasteiger partial charge in [-0.15, -0.1) is 0 Å². The lowest BCUT2D eigenvalue weighted by Crippen LogP contribution is -2.44. The van der Waals surface area contributed by atoms with Gasteiger partial charge in [-0.3, -0.25) is 0 Å². The highest BCUT2D eigenvalue weighted by Gasteiger charge is 2.47. The summed E-state index contributed by atoms with van der Waals surface area (Å²) in [6.45, 7) is 1.82. The third-order valence-corrected chi connectivity index (χ3v) is 2.25. The highest BCUT2D eigenvalue weighted by molar-refractivity contribution is 6.01. The summed E-state index contributed by atoms with van der Waals surface area (Å²) in [6, 6.07) is 6.35. The van der Waals surface area contributed by atoms with Crippen LogP contribution in [0.5, 0.6) is 0 Å². The van der Waals surface area contributed by atoms with E-state index < -0.39 is 24.0 Å². The van der Waals surface area contributed by atoms with Gasteiger partial charge in [-0.05, 0) is 12.5 Å². The molecule has 1 aromatic rings. The highest BCUT2D eigenvalue weighted by Crippen LogP contribution is 2.19. The number of carbonyl (C=O) groups is 2. The molecule has 0 spiro atoms. The minimum absolute atomic E-state index is 0.331. The molecule has 0 aliphatic heterocycles. The SMILES string of the molecule is Cc1ccc(CC(F)(C(=O)O)C(=O)O)cc1. The number of benzene rings is 1. The fourth-order valence-corrected chi connectivity index (χ4v) is 1.23. The molecule has 0 saturated heterocycles. The Balaban J connectivity index is 2.97. The van der Waals surface area contributed by atoms with Crippen LogP contribution in [0.3, 0.4) is 0 Å². The maximum atomic E-state index is 13.6. The lowest BCUT2D eigenvalue weighted by Gasteiger charge is -2.15. The van der Waals surface area contributed by atoms with E-state index in [4.69, 9.17) is 10.2 Å². The quantitative estimate of drug-likeness (QED) is 0.761. The monoisotopic (exact) mass is 226 g/mol. The standard InChI is InChI=1S/C11H11FO4/c1-7-2-4-8(5-3-7)6-11(12,9(13)14)10(15)16/h2-5H,6H2,1H3,(H,13,14)(H,15,16). The van der Waals surface area contributed by atoms with E-state index in [9.17, 15) is 14.0 Å². The molecule has 0 unspecified atom stereocenters. The summed E-state index contributed by atoms with van der Waals surface area (Å²) in [7, 11) is 0. The first-order chi connectivity index (χ1) is 7.36. The third kappa shape index (κ3) is 2.36. The molecule has 16 heavy (non-hydrogen) atoms. The van der Waals surface area contributed by atoms with Crippen molar-refractivity contribution in [2.24, 2.45) is 0 Å². The van der Waals surface area contributed by atoms with Crippen LogP contribution in [-0.4, -0.2) is 27.8 Å². The van der Waals surface area contributed by atoms with Crippen molar-refractivity contribution in [3.8, 4) is 0 Å². The first-order valence-corrected chi connectivity index (χ1v) is 4.57. The van der Waals surface area contributed by atoms with Crippen LogP contribution in [0.2, 0.25) is 0 Å². The Bertz CT molecular complexity index is 396. The van der Waals surface area contributed by atoms with Gasteiger partial charge in [0.25, 0.3) is 0 Å². The average molecular weight is 226 g/mol. The summed E-state index contributed by atoms with van der Waals surface area (Å²) in [5.74, 6) is -3.97. The Morgan fingerprint density at radius 3 is 2.00 bits per heavy atom. The number of hydrogen-bond acceptors (Lipinski definition) is 2. The van der Waals surface area contributed by atoms with E-state index in [0.29, 0.717) is 5.56 Å². The number of carboxylic acid groups (broad SMARTS) is 2. The van der Waals surface area contributed by atoms with Gasteiger partial charge in [0.1, 0.15) is 0 Å². The molecule has 0 atom stereocenters. The van der Waals surface area contributed by atoms with Gasteiger partial charge in [-0.25, -0.2) is 14.0 Å². The lowest BCUT2D eigenvalue weighted by atomic mass is 9.96. The summed E-state index contributed by atoms with van der Waals surface area (Å²) < 4.78 is 13.6. The molecule has 0 heterocycles. The Morgan fingerprint density at radius 1 is 1.19 bits per heavy atom. The van der Waals surface area contributed by atoms with Gasteiger partial charge in [0.2, 0.25) is 0 Å². The number of aryl methyl sites for hydroxylation is 1. The van der Waals surface area contributed by atoms with E-state index >= 15 is 0 Å². The minimum Gasteiger partial charge on any atom is -0.478 e. The summed E-state index contributed by atoms with van der Waals surface area (Å²) >= 11 is 0. The van der Waals surface area contributed by atoms with E-state index in [1.165, 1.54) is 12.1 Å². The van der Waals surface area contributed by atoms with E-state index in [1.807, 2.05) is 6.92 Å². The van der Waals surface area contributed by atoms with Crippen molar-refractivity contribution in [1.82, 2.24) is 0 Å². The Morgan fingerprint density at radius 2 is 1.62 bits per heavy atom. The van der Waals surface area contributed by atoms with E-state index in [-0.39, 0.29) is 0 Å². The number of alkyl halides is 1. The van der Waals surface area contributed by atoms with Crippen LogP contribution in [0.25, 0.3) is 0 Å². The Kier molecular flexibility index (Phi) is 3.27. The van der Waals surface area contributed by atoms with Gasteiger partial charge in [0, 0.05) is 6.42 Å². The molecule has 0 radical (unpaired) electrons. The van der Waals surface area contributed by atoms with Gasteiger partial charge in [0.05, 0.1) is 0 Å². The predicted octanol–water partition coefficient (Wildman–Crippen LogP) is 1.42. The molecule has 0 bridgehead atoms. The van der Waals surface area contributed by atoms with Gasteiger partial charge >= 0.3 is 17.6 Å². The number of aliphatic carboxylic acids is 2. The maximum Gasteiger partial charge on any atom is 0.353 e. The fraction of sp³-hybridized carbons (Fsp3) is 0.273. The van der Waals surface area contributed by atoms with Crippen molar-refractivity contribution in [1.29, 1.82) is 0 Å². The number of hydrogen-bond donors (Lipinski definition) is 2. The zero-order valence-corrected chi connectivity index (χ0v) is 8.61. The second-order valence-corrected chi connectivity index (χ2v) is 3.57. The normalized spacial score (nSPS) is 11.1. The number of halogens is 1. The summed E-state index contributed by atoms with van der Waals surface area (Å²) in [6.07, 6.45) is -0.683. The summed E-state index contributed by atoms with van der Waals surface area (Å²) in [5, 5.41) is 17.1. The molecule has 0 fully saturated rings. The van der Waals surface area contributed by atoms with Gasteiger partial charge in [-0.1, -0.05) is 29.8 Å². The zero-order valence-electron chi connectivity index (χ0n) is 8.61. The minimum atomic E-state index is -3.27. The van der Waals surface area contributed by atoms with Crippen molar-refractivity contribution >= 4 is 11.9 Å². The van der Waals surface area contributed by atoms with Gasteiger partial charge in [-0.2, -0.15) is 0 Å². The van der Waals surface area contributed by atoms with Crippen LogP contribution < -0.4 is 0 Å². The fourth-order valence-electron chi connectivity index (χ4n) is 1.23. The van der Waals surface area contributed by atoms with Crippen LogP contribution in [-0.2, 0) is 16.0 Å². The molecule has 2 N–H and O–H groups in total. The molecular weight excluding hydrogens is 215 g/mol. The van der Waals surface area contributed by atoms with Gasteiger partial charge < -0.3 is 10.2 Å². The molecule has 4 nitrogen and oxygen atoms in total. The third-order valence-electron chi connectivity index (χ3n) is 2.25. The van der Waals surface area contributed by atoms with Crippen molar-refractivity contribution in [3.63, 3.8) is 0 Å². The van der Waals surface area contributed by atoms with Crippen molar-refractivity contribution in [3.05, 3.63) is 35.4 Å². The van der Waals surface area contributed by atoms with Crippen LogP contribution in [0, 0.1) is 6.92 Å². The molecule has 0 aliphatic rings. The van der Waals surface area contributed by atoms with Crippen molar-refractivity contribution < 1.29 is 24.2 Å². The molecular formula is C11H11FO4. The maximum absolute atomic E-state index is 13.6. The van der Waals surface area contributed by atoms with Crippen molar-refractivity contribution in [2.75, 3.05) is 0 Å². The van der Waals surface area contributed by atoms with E-state index in [0.717, 1.165) is 5.56 Å². The number of rotatable bonds is 4. The smallest absolute Gasteiger partial charge is 0.353 e. The molecule has 5 heteroatoms. The molecule has 1 rings (SSSR count). The molecule has 1 aromatic carbocycles. The molecule has 0 aromatic heterocycles. The zero-order chi connectivity index (χ0) is 12.3. The Hall–Kier alpha value is -1.91. The van der Waals surface area contributed by atoms with Crippen LogP contribution in [0.4, 0.5) is 4.39 Å². The van der Waals surface area contributed by atoms with Crippen LogP contribution in [0.15, 0.2) is 24.3 Å². The van der Waals surface area contributed by atoms with Gasteiger partial charge in [0.15, 0.2) is 0 Å². The molecule has 86 valence electrons. The molecule has 0 amide bonds. The topological polar surface area (TPSA) is 74.6 Å². The predicted molar refractivity (Wildman–Crippen MR) is 54.0 cm³/mol. The molecule has 0 aliphatic carbocycles. The largest absolute Gasteiger partial charge is 0.478 e. The average Bonchev–Trinajstić information content (AvgIpc) is 2.20. The van der Waals surface area contributed by atoms with E-state index in [2.05, 4.69) is 0 Å². The van der Waals surface area contributed by atoms with Crippen molar-refractivity contribution in [2.45, 2.75) is 19.0 Å². The van der Waals surface area contributed by atoms with E-state index in [1.54, 1.807) is 12.1 Å². The first kappa shape index (κ1) is 12.2. The summed E-state index contributed by atoms with van der Waals surface area (Å²) in [5.41, 5.74) is -2.01. The second-order valence-electron chi connectivity index (χ2n) is 3.57. The van der Waals surface area contributed by atoms with Crippen LogP contribution >= 0.6 is 0 Å². The van der Waals surface area contributed by atoms with Crippen LogP contribution in [0.1, 0.15) is 11.1 Å². The number of carboxylic acids is 2. The second kappa shape index (κ2) is 4.30. The molecule has 0 saturated carbocycles. The highest BCUT2D eigenvalue weighted by atomic mass is 19.1. The Labute approximate surface area is 91.3 Å². The lowest BCUT2D eigenvalue weighted by molar-refractivity contribution is -0.166.